The topological polar surface area (TPSA) is 12.5 Å². The number of anilines is 1. The van der Waals surface area contributed by atoms with Crippen LogP contribution in [0.2, 0.25) is 0 Å². The van der Waals surface area contributed by atoms with Crippen LogP contribution in [0.4, 0.5) is 5.69 Å². The van der Waals surface area contributed by atoms with Gasteiger partial charge in [0.1, 0.15) is 11.9 Å². The van der Waals surface area contributed by atoms with Crippen molar-refractivity contribution in [3.63, 3.8) is 0 Å². The maximum absolute atomic E-state index is 6.64. The molecule has 0 aliphatic carbocycles. The SMILES string of the molecule is C=C/C=C\C=C(/C)c1cc(/C=C/CCC(C=C)N(C/C=C\C(=C/C)c2ccccc2)c2ccccc2C(/C=C\C=C)=C2/CC(/C=C\CC)=CC(C=C)O2)ccc1-c1ccccc1. The van der Waals surface area contributed by atoms with Gasteiger partial charge in [-0.05, 0) is 102 Å². The van der Waals surface area contributed by atoms with Crippen molar-refractivity contribution in [2.24, 2.45) is 0 Å². The minimum Gasteiger partial charge on any atom is -0.486 e. The molecule has 1 heterocycles. The number of rotatable bonds is 21. The zero-order chi connectivity index (χ0) is 43.9. The normalized spacial score (nSPS) is 16.2. The number of ether oxygens (including phenoxy) is 1. The fourth-order valence-corrected chi connectivity index (χ4v) is 7.62. The smallest absolute Gasteiger partial charge is 0.135 e. The van der Waals surface area contributed by atoms with E-state index in [1.807, 2.05) is 30.4 Å². The molecule has 62 heavy (non-hydrogen) atoms. The van der Waals surface area contributed by atoms with Crippen LogP contribution >= 0.6 is 0 Å². The van der Waals surface area contributed by atoms with Gasteiger partial charge in [-0.15, -0.1) is 6.58 Å². The van der Waals surface area contributed by atoms with E-state index in [1.54, 1.807) is 6.08 Å². The van der Waals surface area contributed by atoms with Gasteiger partial charge in [0.15, 0.2) is 0 Å². The van der Waals surface area contributed by atoms with Crippen molar-refractivity contribution in [3.8, 4) is 11.1 Å². The van der Waals surface area contributed by atoms with Crippen LogP contribution in [0.3, 0.4) is 0 Å². The lowest BCUT2D eigenvalue weighted by Gasteiger charge is -2.33. The van der Waals surface area contributed by atoms with Crippen LogP contribution in [0.1, 0.15) is 68.7 Å². The Labute approximate surface area is 373 Å². The summed E-state index contributed by atoms with van der Waals surface area (Å²) in [6.07, 6.45) is 38.8. The molecule has 1 aliphatic rings. The third kappa shape index (κ3) is 13.0. The second-order valence-corrected chi connectivity index (χ2v) is 15.1. The monoisotopic (exact) mass is 813 g/mol. The minimum atomic E-state index is -0.224. The molecule has 0 amide bonds. The third-order valence-corrected chi connectivity index (χ3v) is 10.8. The van der Waals surface area contributed by atoms with Crippen LogP contribution in [0, 0.1) is 0 Å². The first-order valence-corrected chi connectivity index (χ1v) is 21.8. The van der Waals surface area contributed by atoms with Gasteiger partial charge in [0.05, 0.1) is 0 Å². The number of hydrogen-bond donors (Lipinski definition) is 0. The summed E-state index contributed by atoms with van der Waals surface area (Å²) in [5.74, 6) is 0.909. The van der Waals surface area contributed by atoms with Gasteiger partial charge >= 0.3 is 0 Å². The zero-order valence-electron chi connectivity index (χ0n) is 37.0. The highest BCUT2D eigenvalue weighted by Crippen LogP contribution is 2.37. The van der Waals surface area contributed by atoms with Gasteiger partial charge in [-0.1, -0.05) is 209 Å². The first kappa shape index (κ1) is 46.2. The Morgan fingerprint density at radius 3 is 2.24 bits per heavy atom. The molecule has 0 aromatic heterocycles. The summed E-state index contributed by atoms with van der Waals surface area (Å²) in [6, 6.07) is 36.6. The average Bonchev–Trinajstić information content (AvgIpc) is 3.32. The highest BCUT2D eigenvalue weighted by molar-refractivity contribution is 5.85. The van der Waals surface area contributed by atoms with Gasteiger partial charge in [-0.3, -0.25) is 0 Å². The van der Waals surface area contributed by atoms with Crippen LogP contribution in [0.5, 0.6) is 0 Å². The molecule has 0 spiro atoms. The lowest BCUT2D eigenvalue weighted by atomic mass is 9.93. The molecule has 2 nitrogen and oxygen atoms in total. The van der Waals surface area contributed by atoms with Crippen LogP contribution in [0.25, 0.3) is 33.9 Å². The van der Waals surface area contributed by atoms with Gasteiger partial charge in [0, 0.05) is 35.8 Å². The van der Waals surface area contributed by atoms with Gasteiger partial charge in [0.2, 0.25) is 0 Å². The van der Waals surface area contributed by atoms with E-state index >= 15 is 0 Å². The van der Waals surface area contributed by atoms with Gasteiger partial charge in [-0.25, -0.2) is 0 Å². The molecule has 5 rings (SSSR count). The van der Waals surface area contributed by atoms with E-state index in [2.05, 4.69) is 222 Å². The summed E-state index contributed by atoms with van der Waals surface area (Å²) in [4.78, 5) is 2.48. The third-order valence-electron chi connectivity index (χ3n) is 10.8. The number of para-hydroxylation sites is 1. The molecule has 1 aliphatic heterocycles. The molecule has 2 heteroatoms. The molecule has 0 saturated heterocycles. The second-order valence-electron chi connectivity index (χ2n) is 15.1. The Balaban J connectivity index is 1.52. The highest BCUT2D eigenvalue weighted by atomic mass is 16.5. The summed E-state index contributed by atoms with van der Waals surface area (Å²) < 4.78 is 6.64. The molecule has 2 atom stereocenters. The summed E-state index contributed by atoms with van der Waals surface area (Å²) in [7, 11) is 0. The number of nitrogens with zero attached hydrogens (tertiary/aromatic N) is 1. The molecule has 0 fully saturated rings. The molecule has 0 N–H and O–H groups in total. The van der Waals surface area contributed by atoms with Crippen LogP contribution in [0.15, 0.2) is 238 Å². The van der Waals surface area contributed by atoms with Crippen molar-refractivity contribution in [1.29, 1.82) is 0 Å². The van der Waals surface area contributed by atoms with Crippen molar-refractivity contribution in [2.45, 2.75) is 58.6 Å². The molecule has 0 radical (unpaired) electrons. The molecule has 314 valence electrons. The van der Waals surface area contributed by atoms with E-state index in [0.29, 0.717) is 13.0 Å². The van der Waals surface area contributed by atoms with E-state index in [9.17, 15) is 0 Å². The van der Waals surface area contributed by atoms with Crippen molar-refractivity contribution in [2.75, 3.05) is 11.4 Å². The second kappa shape index (κ2) is 25.0. The van der Waals surface area contributed by atoms with Gasteiger partial charge in [0.25, 0.3) is 0 Å². The minimum absolute atomic E-state index is 0.0276. The summed E-state index contributed by atoms with van der Waals surface area (Å²) in [6.45, 7) is 23.4. The fourth-order valence-electron chi connectivity index (χ4n) is 7.62. The lowest BCUT2D eigenvalue weighted by Crippen LogP contribution is -2.34. The predicted octanol–water partition coefficient (Wildman–Crippen LogP) is 16.3. The van der Waals surface area contributed by atoms with Crippen molar-refractivity contribution in [1.82, 2.24) is 0 Å². The molecule has 0 saturated carbocycles. The molecule has 4 aromatic carbocycles. The standard InChI is InChI=1S/C60H63NO/c1-8-14-19-29-47(7)58-45-48(41-42-55(58)52-34-22-18-23-35-52)31-24-25-37-53(12-5)61(43-28-36-50(11-4)51-32-20-17-21-33-51)59-40-27-26-39-56(59)57(38-16-10-3)60-46-49(30-15-9-2)44-54(13-6)62-60/h8,10-24,26-36,38-42,44-45,53-54H,1,3,5-6,9,25,37,43,46H2,2,4,7H3/b19-14-,30-15-,31-24+,36-28-,38-16-,47-29+,50-11+,60-57-. The van der Waals surface area contributed by atoms with Crippen LogP contribution < -0.4 is 4.90 Å². The zero-order valence-corrected chi connectivity index (χ0v) is 37.0. The molecule has 2 unspecified atom stereocenters. The van der Waals surface area contributed by atoms with E-state index in [1.165, 1.54) is 39.0 Å². The number of hydrogen-bond acceptors (Lipinski definition) is 2. The fraction of sp³-hybridized carbons (Fsp3) is 0.167. The van der Waals surface area contributed by atoms with E-state index in [-0.39, 0.29) is 12.1 Å². The average molecular weight is 814 g/mol. The lowest BCUT2D eigenvalue weighted by molar-refractivity contribution is 0.178. The van der Waals surface area contributed by atoms with E-state index < -0.39 is 0 Å². The van der Waals surface area contributed by atoms with Crippen molar-refractivity contribution >= 4 is 28.5 Å². The number of benzene rings is 4. The summed E-state index contributed by atoms with van der Waals surface area (Å²) >= 11 is 0. The quantitative estimate of drug-likeness (QED) is 0.0614. The Hall–Kier alpha value is -6.90. The van der Waals surface area contributed by atoms with Crippen molar-refractivity contribution in [3.05, 3.63) is 260 Å². The van der Waals surface area contributed by atoms with Gasteiger partial charge in [-0.2, -0.15) is 0 Å². The first-order chi connectivity index (χ1) is 30.4. The molecular formula is C60H63NO. The summed E-state index contributed by atoms with van der Waals surface area (Å²) in [5.41, 5.74) is 12.8. The van der Waals surface area contributed by atoms with Crippen LogP contribution in [-0.4, -0.2) is 18.7 Å². The maximum atomic E-state index is 6.64. The largest absolute Gasteiger partial charge is 0.486 e. The Kier molecular flexibility index (Phi) is 18.6. The van der Waals surface area contributed by atoms with Gasteiger partial charge < -0.3 is 9.64 Å². The Morgan fingerprint density at radius 1 is 0.790 bits per heavy atom. The maximum Gasteiger partial charge on any atom is 0.135 e. The first-order valence-electron chi connectivity index (χ1n) is 21.8. The molecular weight excluding hydrogens is 751 g/mol. The molecule has 0 bridgehead atoms. The van der Waals surface area contributed by atoms with Crippen molar-refractivity contribution < 1.29 is 4.74 Å². The summed E-state index contributed by atoms with van der Waals surface area (Å²) in [5, 5.41) is 0. The van der Waals surface area contributed by atoms with Crippen LogP contribution in [-0.2, 0) is 4.74 Å². The Morgan fingerprint density at radius 2 is 1.53 bits per heavy atom. The predicted molar refractivity (Wildman–Crippen MR) is 274 cm³/mol. The number of allylic oxidation sites excluding steroid dienone is 16. The highest BCUT2D eigenvalue weighted by Gasteiger charge is 2.23. The molecule has 4 aromatic rings. The van der Waals surface area contributed by atoms with E-state index in [4.69, 9.17) is 4.74 Å². The Bertz CT molecular complexity index is 2410. The van der Waals surface area contributed by atoms with E-state index in [0.717, 1.165) is 47.4 Å².